The summed E-state index contributed by atoms with van der Waals surface area (Å²) in [6.07, 6.45) is 0.143. The molecule has 2 aromatic carbocycles. The maximum atomic E-state index is 12.5. The number of ether oxygens (including phenoxy) is 1. The third-order valence-electron chi connectivity index (χ3n) is 3.96. The number of benzene rings is 2. The van der Waals surface area contributed by atoms with Crippen molar-refractivity contribution < 1.29 is 9.53 Å². The topological polar surface area (TPSA) is 38.3 Å². The molecule has 0 saturated carbocycles. The third kappa shape index (κ3) is 4.59. The van der Waals surface area contributed by atoms with E-state index in [2.05, 4.69) is 24.4 Å². The Morgan fingerprint density at radius 1 is 1.09 bits per heavy atom. The Hall–Kier alpha value is -2.29. The number of para-hydroxylation sites is 1. The molecule has 0 aromatic heterocycles. The molecule has 2 atom stereocenters. The van der Waals surface area contributed by atoms with Gasteiger partial charge in [0.25, 0.3) is 5.91 Å². The second kappa shape index (κ2) is 7.82. The van der Waals surface area contributed by atoms with E-state index in [4.69, 9.17) is 4.74 Å². The molecule has 23 heavy (non-hydrogen) atoms. The Morgan fingerprint density at radius 3 is 2.35 bits per heavy atom. The second-order valence-electron chi connectivity index (χ2n) is 5.92. The SMILES string of the molecule is CCC(Oc1ccccc1C)C(=O)NC(C)c1ccc(C)cc1. The maximum Gasteiger partial charge on any atom is 0.261 e. The summed E-state index contributed by atoms with van der Waals surface area (Å²) in [5.41, 5.74) is 3.33. The lowest BCUT2D eigenvalue weighted by Gasteiger charge is -2.21. The van der Waals surface area contributed by atoms with Crippen LogP contribution in [0.5, 0.6) is 5.75 Å². The van der Waals surface area contributed by atoms with E-state index in [9.17, 15) is 4.79 Å². The van der Waals surface area contributed by atoms with Crippen LogP contribution in [-0.2, 0) is 4.79 Å². The average Bonchev–Trinajstić information content (AvgIpc) is 2.54. The molecule has 0 aliphatic heterocycles. The Balaban J connectivity index is 2.02. The highest BCUT2D eigenvalue weighted by Crippen LogP contribution is 2.20. The van der Waals surface area contributed by atoms with Gasteiger partial charge in [-0.05, 0) is 44.4 Å². The van der Waals surface area contributed by atoms with Crippen molar-refractivity contribution in [3.8, 4) is 5.75 Å². The molecule has 2 unspecified atom stereocenters. The van der Waals surface area contributed by atoms with Crippen LogP contribution < -0.4 is 10.1 Å². The highest BCUT2D eigenvalue weighted by atomic mass is 16.5. The molecule has 0 heterocycles. The first-order valence-electron chi connectivity index (χ1n) is 8.10. The molecular formula is C20H25NO2. The molecule has 0 aliphatic carbocycles. The van der Waals surface area contributed by atoms with Crippen molar-refractivity contribution in [3.05, 3.63) is 65.2 Å². The molecule has 2 rings (SSSR count). The number of rotatable bonds is 6. The summed E-state index contributed by atoms with van der Waals surface area (Å²) in [4.78, 5) is 12.5. The summed E-state index contributed by atoms with van der Waals surface area (Å²) in [6, 6.07) is 15.9. The van der Waals surface area contributed by atoms with Gasteiger partial charge in [-0.15, -0.1) is 0 Å². The van der Waals surface area contributed by atoms with Crippen molar-refractivity contribution in [2.24, 2.45) is 0 Å². The number of aryl methyl sites for hydroxylation is 2. The molecule has 0 spiro atoms. The number of hydrogen-bond acceptors (Lipinski definition) is 2. The van der Waals surface area contributed by atoms with Gasteiger partial charge in [0.2, 0.25) is 0 Å². The monoisotopic (exact) mass is 311 g/mol. The number of carbonyl (C=O) groups is 1. The van der Waals surface area contributed by atoms with Crippen LogP contribution in [-0.4, -0.2) is 12.0 Å². The standard InChI is InChI=1S/C20H25NO2/c1-5-18(23-19-9-7-6-8-15(19)3)20(22)21-16(4)17-12-10-14(2)11-13-17/h6-13,16,18H,5H2,1-4H3,(H,21,22). The van der Waals surface area contributed by atoms with E-state index in [1.165, 1.54) is 5.56 Å². The van der Waals surface area contributed by atoms with Crippen LogP contribution >= 0.6 is 0 Å². The lowest BCUT2D eigenvalue weighted by Crippen LogP contribution is -2.39. The maximum absolute atomic E-state index is 12.5. The molecule has 0 aliphatic rings. The van der Waals surface area contributed by atoms with Gasteiger partial charge in [0.05, 0.1) is 6.04 Å². The molecule has 2 aromatic rings. The Labute approximate surface area is 138 Å². The Morgan fingerprint density at radius 2 is 1.74 bits per heavy atom. The number of carbonyl (C=O) groups excluding carboxylic acids is 1. The van der Waals surface area contributed by atoms with E-state index < -0.39 is 6.10 Å². The summed E-state index contributed by atoms with van der Waals surface area (Å²) < 4.78 is 5.90. The van der Waals surface area contributed by atoms with Crippen molar-refractivity contribution >= 4 is 5.91 Å². The molecule has 0 fully saturated rings. The van der Waals surface area contributed by atoms with Crippen LogP contribution in [0.4, 0.5) is 0 Å². The summed E-state index contributed by atoms with van der Waals surface area (Å²) >= 11 is 0. The summed E-state index contributed by atoms with van der Waals surface area (Å²) in [5, 5.41) is 3.04. The predicted octanol–water partition coefficient (Wildman–Crippen LogP) is 4.34. The van der Waals surface area contributed by atoms with Gasteiger partial charge in [-0.1, -0.05) is 55.0 Å². The molecule has 0 bridgehead atoms. The fourth-order valence-electron chi connectivity index (χ4n) is 2.41. The molecule has 3 heteroatoms. The minimum atomic E-state index is -0.482. The first kappa shape index (κ1) is 17.1. The van der Waals surface area contributed by atoms with Gasteiger partial charge in [0.1, 0.15) is 5.75 Å². The van der Waals surface area contributed by atoms with Gasteiger partial charge in [0.15, 0.2) is 6.10 Å². The van der Waals surface area contributed by atoms with Crippen LogP contribution in [0, 0.1) is 13.8 Å². The molecule has 3 nitrogen and oxygen atoms in total. The summed E-state index contributed by atoms with van der Waals surface area (Å²) in [5.74, 6) is 0.682. The van der Waals surface area contributed by atoms with Gasteiger partial charge in [0, 0.05) is 0 Å². The largest absolute Gasteiger partial charge is 0.480 e. The molecule has 0 saturated heterocycles. The molecule has 1 N–H and O–H groups in total. The van der Waals surface area contributed by atoms with E-state index >= 15 is 0 Å². The van der Waals surface area contributed by atoms with Crippen molar-refractivity contribution in [3.63, 3.8) is 0 Å². The molecule has 122 valence electrons. The zero-order valence-corrected chi connectivity index (χ0v) is 14.3. The zero-order valence-electron chi connectivity index (χ0n) is 14.3. The number of hydrogen-bond donors (Lipinski definition) is 1. The summed E-state index contributed by atoms with van der Waals surface area (Å²) in [6.45, 7) is 7.98. The Bertz CT molecular complexity index is 649. The smallest absolute Gasteiger partial charge is 0.261 e. The van der Waals surface area contributed by atoms with Crippen LogP contribution in [0.1, 0.15) is 43.0 Å². The lowest BCUT2D eigenvalue weighted by molar-refractivity contribution is -0.128. The Kier molecular flexibility index (Phi) is 5.80. The zero-order chi connectivity index (χ0) is 16.8. The molecule has 0 radical (unpaired) electrons. The minimum absolute atomic E-state index is 0.0439. The fraction of sp³-hybridized carbons (Fsp3) is 0.350. The van der Waals surface area contributed by atoms with Crippen LogP contribution in [0.25, 0.3) is 0 Å². The quantitative estimate of drug-likeness (QED) is 0.862. The van der Waals surface area contributed by atoms with Crippen molar-refractivity contribution in [2.45, 2.75) is 46.3 Å². The van der Waals surface area contributed by atoms with Crippen LogP contribution in [0.3, 0.4) is 0 Å². The van der Waals surface area contributed by atoms with Gasteiger partial charge in [-0.2, -0.15) is 0 Å². The lowest BCUT2D eigenvalue weighted by atomic mass is 10.1. The average molecular weight is 311 g/mol. The van der Waals surface area contributed by atoms with Crippen molar-refractivity contribution in [2.75, 3.05) is 0 Å². The van der Waals surface area contributed by atoms with E-state index in [-0.39, 0.29) is 11.9 Å². The minimum Gasteiger partial charge on any atom is -0.480 e. The van der Waals surface area contributed by atoms with Gasteiger partial charge >= 0.3 is 0 Å². The molecular weight excluding hydrogens is 286 g/mol. The van der Waals surface area contributed by atoms with E-state index in [0.717, 1.165) is 16.9 Å². The van der Waals surface area contributed by atoms with Crippen molar-refractivity contribution in [1.82, 2.24) is 5.32 Å². The highest BCUT2D eigenvalue weighted by Gasteiger charge is 2.21. The van der Waals surface area contributed by atoms with Gasteiger partial charge in [-0.25, -0.2) is 0 Å². The van der Waals surface area contributed by atoms with E-state index in [1.807, 2.05) is 57.2 Å². The second-order valence-corrected chi connectivity index (χ2v) is 5.92. The first-order valence-corrected chi connectivity index (χ1v) is 8.10. The molecule has 1 amide bonds. The normalized spacial score (nSPS) is 13.2. The third-order valence-corrected chi connectivity index (χ3v) is 3.96. The van der Waals surface area contributed by atoms with E-state index in [0.29, 0.717) is 6.42 Å². The van der Waals surface area contributed by atoms with Gasteiger partial charge in [-0.3, -0.25) is 4.79 Å². The summed E-state index contributed by atoms with van der Waals surface area (Å²) in [7, 11) is 0. The van der Waals surface area contributed by atoms with Crippen LogP contribution in [0.2, 0.25) is 0 Å². The van der Waals surface area contributed by atoms with Crippen LogP contribution in [0.15, 0.2) is 48.5 Å². The first-order chi connectivity index (χ1) is 11.0. The number of nitrogens with one attached hydrogen (secondary N) is 1. The van der Waals surface area contributed by atoms with Gasteiger partial charge < -0.3 is 10.1 Å². The fourth-order valence-corrected chi connectivity index (χ4v) is 2.41. The number of amides is 1. The van der Waals surface area contributed by atoms with E-state index in [1.54, 1.807) is 0 Å². The van der Waals surface area contributed by atoms with Crippen molar-refractivity contribution in [1.29, 1.82) is 0 Å². The highest BCUT2D eigenvalue weighted by molar-refractivity contribution is 5.81. The predicted molar refractivity (Wildman–Crippen MR) is 93.6 cm³/mol.